The molecule has 0 atom stereocenters. The van der Waals surface area contributed by atoms with Gasteiger partial charge in [0.2, 0.25) is 0 Å². The zero-order valence-corrected chi connectivity index (χ0v) is 15.6. The predicted molar refractivity (Wildman–Crippen MR) is 100 cm³/mol. The number of nitrogens with one attached hydrogen (secondary N) is 1. The highest BCUT2D eigenvalue weighted by Gasteiger charge is 2.30. The van der Waals surface area contributed by atoms with Crippen LogP contribution in [0.15, 0.2) is 42.6 Å². The molecule has 0 unspecified atom stereocenters. The summed E-state index contributed by atoms with van der Waals surface area (Å²) in [6, 6.07) is 10.3. The molecule has 0 saturated heterocycles. The van der Waals surface area contributed by atoms with E-state index in [0.717, 1.165) is 10.1 Å². The lowest BCUT2D eigenvalue weighted by Gasteiger charge is -2.12. The SMILES string of the molecule is Cc1nccc(-c2cccc(NC(=O)c3cc(C)n(CC(F)(F)F)c3C)c2)n1. The van der Waals surface area contributed by atoms with Gasteiger partial charge in [0.25, 0.3) is 5.91 Å². The number of anilines is 1. The fraction of sp³-hybridized carbons (Fsp3) is 0.250. The molecule has 0 saturated carbocycles. The van der Waals surface area contributed by atoms with Gasteiger partial charge in [-0.05, 0) is 45.0 Å². The summed E-state index contributed by atoms with van der Waals surface area (Å²) in [6.45, 7) is 3.72. The van der Waals surface area contributed by atoms with Gasteiger partial charge in [-0.1, -0.05) is 12.1 Å². The predicted octanol–water partition coefficient (Wildman–Crippen LogP) is 4.68. The molecule has 28 heavy (non-hydrogen) atoms. The van der Waals surface area contributed by atoms with Crippen LogP contribution >= 0.6 is 0 Å². The van der Waals surface area contributed by atoms with Crippen molar-refractivity contribution in [1.29, 1.82) is 0 Å². The Hall–Kier alpha value is -3.16. The van der Waals surface area contributed by atoms with Gasteiger partial charge in [0.05, 0.1) is 11.3 Å². The lowest BCUT2D eigenvalue weighted by molar-refractivity contribution is -0.141. The molecule has 2 heterocycles. The highest BCUT2D eigenvalue weighted by atomic mass is 19.4. The van der Waals surface area contributed by atoms with Crippen LogP contribution in [-0.4, -0.2) is 26.6 Å². The molecule has 1 N–H and O–H groups in total. The summed E-state index contributed by atoms with van der Waals surface area (Å²) in [5, 5.41) is 2.75. The maximum atomic E-state index is 12.8. The van der Waals surface area contributed by atoms with Crippen LogP contribution < -0.4 is 5.32 Å². The number of halogens is 3. The molecule has 0 aliphatic heterocycles. The van der Waals surface area contributed by atoms with E-state index in [2.05, 4.69) is 15.3 Å². The summed E-state index contributed by atoms with van der Waals surface area (Å²) in [7, 11) is 0. The van der Waals surface area contributed by atoms with Crippen molar-refractivity contribution in [3.8, 4) is 11.3 Å². The first kappa shape index (κ1) is 19.6. The molecule has 1 amide bonds. The molecule has 5 nitrogen and oxygen atoms in total. The molecule has 1 aromatic carbocycles. The number of hydrogen-bond donors (Lipinski definition) is 1. The minimum atomic E-state index is -4.35. The monoisotopic (exact) mass is 388 g/mol. The van der Waals surface area contributed by atoms with Gasteiger partial charge in [-0.3, -0.25) is 4.79 Å². The maximum absolute atomic E-state index is 12.8. The van der Waals surface area contributed by atoms with Crippen LogP contribution in [0.1, 0.15) is 27.6 Å². The van der Waals surface area contributed by atoms with Crippen LogP contribution in [0.3, 0.4) is 0 Å². The largest absolute Gasteiger partial charge is 0.406 e. The van der Waals surface area contributed by atoms with E-state index in [0.29, 0.717) is 22.9 Å². The van der Waals surface area contributed by atoms with Crippen molar-refractivity contribution < 1.29 is 18.0 Å². The third-order valence-corrected chi connectivity index (χ3v) is 4.35. The highest BCUT2D eigenvalue weighted by Crippen LogP contribution is 2.25. The fourth-order valence-electron chi connectivity index (χ4n) is 3.03. The number of benzene rings is 1. The molecule has 146 valence electrons. The molecule has 0 bridgehead atoms. The summed E-state index contributed by atoms with van der Waals surface area (Å²) in [5.74, 6) is 0.168. The number of alkyl halides is 3. The second kappa shape index (κ2) is 7.46. The van der Waals surface area contributed by atoms with Crippen LogP contribution in [0.2, 0.25) is 0 Å². The average molecular weight is 388 g/mol. The zero-order chi connectivity index (χ0) is 20.5. The topological polar surface area (TPSA) is 59.8 Å². The second-order valence-electron chi connectivity index (χ2n) is 6.51. The molecule has 8 heteroatoms. The Kier molecular flexibility index (Phi) is 5.22. The number of aromatic nitrogens is 3. The van der Waals surface area contributed by atoms with Crippen molar-refractivity contribution >= 4 is 11.6 Å². The standard InChI is InChI=1S/C20H19F3N4O/c1-12-9-17(13(2)27(12)11-20(21,22)23)19(28)26-16-6-4-5-15(10-16)18-7-8-24-14(3)25-18/h4-10H,11H2,1-3H3,(H,26,28). The third-order valence-electron chi connectivity index (χ3n) is 4.35. The van der Waals surface area contributed by atoms with Gasteiger partial charge in [0.1, 0.15) is 12.4 Å². The van der Waals surface area contributed by atoms with Crippen molar-refractivity contribution in [3.05, 3.63) is 65.4 Å². The van der Waals surface area contributed by atoms with Crippen molar-refractivity contribution in [2.45, 2.75) is 33.5 Å². The van der Waals surface area contributed by atoms with Gasteiger partial charge < -0.3 is 9.88 Å². The number of carbonyl (C=O) groups excluding carboxylic acids is 1. The minimum absolute atomic E-state index is 0.213. The molecule has 3 rings (SSSR count). The number of hydrogen-bond acceptors (Lipinski definition) is 3. The van der Waals surface area contributed by atoms with E-state index in [4.69, 9.17) is 0 Å². The second-order valence-corrected chi connectivity index (χ2v) is 6.51. The molecular weight excluding hydrogens is 369 g/mol. The average Bonchev–Trinajstić information content (AvgIpc) is 2.89. The third kappa shape index (κ3) is 4.39. The Bertz CT molecular complexity index is 1020. The summed E-state index contributed by atoms with van der Waals surface area (Å²) >= 11 is 0. The van der Waals surface area contributed by atoms with Crippen LogP contribution in [-0.2, 0) is 6.54 Å². The van der Waals surface area contributed by atoms with E-state index in [1.54, 1.807) is 44.3 Å². The Morgan fingerprint density at radius 2 is 1.89 bits per heavy atom. The molecule has 0 fully saturated rings. The Balaban J connectivity index is 1.84. The van der Waals surface area contributed by atoms with Gasteiger partial charge in [-0.25, -0.2) is 9.97 Å². The van der Waals surface area contributed by atoms with Crippen LogP contribution in [0.25, 0.3) is 11.3 Å². The van der Waals surface area contributed by atoms with Crippen LogP contribution in [0.5, 0.6) is 0 Å². The lowest BCUT2D eigenvalue weighted by atomic mass is 10.1. The Morgan fingerprint density at radius 1 is 1.14 bits per heavy atom. The van der Waals surface area contributed by atoms with Gasteiger partial charge >= 0.3 is 6.18 Å². The lowest BCUT2D eigenvalue weighted by Crippen LogP contribution is -2.20. The Morgan fingerprint density at radius 3 is 2.57 bits per heavy atom. The van der Waals surface area contributed by atoms with Crippen LogP contribution in [0.4, 0.5) is 18.9 Å². The molecule has 0 radical (unpaired) electrons. The number of nitrogens with zero attached hydrogens (tertiary/aromatic N) is 3. The van der Waals surface area contributed by atoms with E-state index in [9.17, 15) is 18.0 Å². The number of carbonyl (C=O) groups is 1. The first-order valence-electron chi connectivity index (χ1n) is 8.59. The molecule has 2 aromatic heterocycles. The van der Waals surface area contributed by atoms with E-state index in [1.807, 2.05) is 6.07 Å². The van der Waals surface area contributed by atoms with Crippen LogP contribution in [0, 0.1) is 20.8 Å². The van der Waals surface area contributed by atoms with Crippen molar-refractivity contribution in [3.63, 3.8) is 0 Å². The number of aryl methyl sites for hydroxylation is 2. The van der Waals surface area contributed by atoms with E-state index >= 15 is 0 Å². The van der Waals surface area contributed by atoms with Gasteiger partial charge in [0, 0.05) is 28.8 Å². The Labute approximate surface area is 160 Å². The molecule has 0 aliphatic rings. The van der Waals surface area contributed by atoms with E-state index in [-0.39, 0.29) is 11.3 Å². The molecule has 0 aliphatic carbocycles. The first-order chi connectivity index (χ1) is 13.1. The quantitative estimate of drug-likeness (QED) is 0.706. The minimum Gasteiger partial charge on any atom is -0.339 e. The normalized spacial score (nSPS) is 11.5. The number of rotatable bonds is 4. The smallest absolute Gasteiger partial charge is 0.339 e. The summed E-state index contributed by atoms with van der Waals surface area (Å²) in [6.07, 6.45) is -2.70. The molecule has 0 spiro atoms. The first-order valence-corrected chi connectivity index (χ1v) is 8.59. The summed E-state index contributed by atoms with van der Waals surface area (Å²) in [4.78, 5) is 21.0. The molecular formula is C20H19F3N4O. The zero-order valence-electron chi connectivity index (χ0n) is 15.6. The summed E-state index contributed by atoms with van der Waals surface area (Å²) < 4.78 is 39.4. The van der Waals surface area contributed by atoms with Crippen molar-refractivity contribution in [1.82, 2.24) is 14.5 Å². The van der Waals surface area contributed by atoms with Gasteiger partial charge in [-0.15, -0.1) is 0 Å². The maximum Gasteiger partial charge on any atom is 0.406 e. The summed E-state index contributed by atoms with van der Waals surface area (Å²) in [5.41, 5.74) is 2.90. The van der Waals surface area contributed by atoms with E-state index in [1.165, 1.54) is 13.0 Å². The number of amides is 1. The van der Waals surface area contributed by atoms with Gasteiger partial charge in [0.15, 0.2) is 0 Å². The highest BCUT2D eigenvalue weighted by molar-refractivity contribution is 6.05. The van der Waals surface area contributed by atoms with Crippen molar-refractivity contribution in [2.75, 3.05) is 5.32 Å². The molecule has 3 aromatic rings. The van der Waals surface area contributed by atoms with Crippen molar-refractivity contribution in [2.24, 2.45) is 0 Å². The fourth-order valence-corrected chi connectivity index (χ4v) is 3.03. The van der Waals surface area contributed by atoms with E-state index < -0.39 is 18.6 Å². The van der Waals surface area contributed by atoms with Gasteiger partial charge in [-0.2, -0.15) is 13.2 Å².